The summed E-state index contributed by atoms with van der Waals surface area (Å²) in [7, 11) is 0. The van der Waals surface area contributed by atoms with Crippen molar-refractivity contribution < 1.29 is 0 Å². The van der Waals surface area contributed by atoms with E-state index in [2.05, 4.69) is 17.4 Å². The fourth-order valence-electron chi connectivity index (χ4n) is 3.02. The van der Waals surface area contributed by atoms with Crippen molar-refractivity contribution >= 4 is 0 Å². The molecule has 1 nitrogen and oxygen atoms in total. The molecule has 1 saturated carbocycles. The van der Waals surface area contributed by atoms with E-state index in [1.54, 1.807) is 11.1 Å². The van der Waals surface area contributed by atoms with Gasteiger partial charge in [-0.25, -0.2) is 0 Å². The summed E-state index contributed by atoms with van der Waals surface area (Å²) in [6.07, 6.45) is 11.7. The molecule has 2 bridgehead atoms. The third kappa shape index (κ3) is 0.796. The average Bonchev–Trinajstić information content (AvgIpc) is 2.40. The second-order valence-electron chi connectivity index (χ2n) is 4.27. The highest BCUT2D eigenvalue weighted by Crippen LogP contribution is 2.46. The Labute approximate surface area is 73.2 Å². The van der Waals surface area contributed by atoms with E-state index in [0.29, 0.717) is 0 Å². The molecule has 2 atom stereocenters. The molecule has 0 amide bonds. The van der Waals surface area contributed by atoms with Crippen molar-refractivity contribution in [2.75, 3.05) is 0 Å². The third-order valence-electron chi connectivity index (χ3n) is 3.66. The van der Waals surface area contributed by atoms with Gasteiger partial charge in [-0.1, -0.05) is 6.42 Å². The molecule has 1 N–H and O–H groups in total. The highest BCUT2D eigenvalue weighted by molar-refractivity contribution is 5.34. The summed E-state index contributed by atoms with van der Waals surface area (Å²) in [6.45, 7) is 0. The summed E-state index contributed by atoms with van der Waals surface area (Å²) in [5, 5.41) is 0. The van der Waals surface area contributed by atoms with Crippen LogP contribution in [0.2, 0.25) is 0 Å². The predicted octanol–water partition coefficient (Wildman–Crippen LogP) is 3.16. The van der Waals surface area contributed by atoms with Gasteiger partial charge >= 0.3 is 0 Å². The van der Waals surface area contributed by atoms with Crippen LogP contribution < -0.4 is 0 Å². The molecular formula is C11H15N. The lowest BCUT2D eigenvalue weighted by atomic mass is 9.81. The van der Waals surface area contributed by atoms with Crippen LogP contribution in [0.5, 0.6) is 0 Å². The summed E-state index contributed by atoms with van der Waals surface area (Å²) >= 11 is 0. The smallest absolute Gasteiger partial charge is 0.00431 e. The number of rotatable bonds is 0. The van der Waals surface area contributed by atoms with Gasteiger partial charge in [-0.05, 0) is 48.6 Å². The Balaban J connectivity index is 2.14. The lowest BCUT2D eigenvalue weighted by Gasteiger charge is -2.23. The second-order valence-corrected chi connectivity index (χ2v) is 4.27. The summed E-state index contributed by atoms with van der Waals surface area (Å²) in [4.78, 5) is 3.27. The Kier molecular flexibility index (Phi) is 1.34. The van der Waals surface area contributed by atoms with Crippen LogP contribution in [0, 0.1) is 0 Å². The molecule has 3 aliphatic carbocycles. The second kappa shape index (κ2) is 2.38. The quantitative estimate of drug-likeness (QED) is 0.601. The molecule has 2 unspecified atom stereocenters. The van der Waals surface area contributed by atoms with Crippen molar-refractivity contribution in [2.24, 2.45) is 0 Å². The Hall–Kier alpha value is -0.720. The molecule has 0 aromatic carbocycles. The molecule has 1 fully saturated rings. The normalized spacial score (nSPS) is 33.0. The van der Waals surface area contributed by atoms with Crippen molar-refractivity contribution in [1.29, 1.82) is 0 Å². The van der Waals surface area contributed by atoms with Gasteiger partial charge < -0.3 is 4.98 Å². The summed E-state index contributed by atoms with van der Waals surface area (Å²) in [5.41, 5.74) is 3.28. The first-order chi connectivity index (χ1) is 5.95. The number of fused-ring (bicyclic) bond motifs is 3. The Bertz CT molecular complexity index is 256. The Morgan fingerprint density at radius 2 is 1.50 bits per heavy atom. The monoisotopic (exact) mass is 161 g/mol. The molecular weight excluding hydrogens is 146 g/mol. The Morgan fingerprint density at radius 1 is 0.917 bits per heavy atom. The van der Waals surface area contributed by atoms with Crippen molar-refractivity contribution in [1.82, 2.24) is 4.98 Å². The number of aromatic amines is 1. The number of H-pyrrole nitrogens is 1. The summed E-state index contributed by atoms with van der Waals surface area (Å²) in [5.74, 6) is 1.79. The van der Waals surface area contributed by atoms with Crippen LogP contribution in [0.3, 0.4) is 0 Å². The molecule has 3 aliphatic rings. The van der Waals surface area contributed by atoms with Crippen LogP contribution in [-0.2, 0) is 0 Å². The maximum atomic E-state index is 3.27. The van der Waals surface area contributed by atoms with Crippen molar-refractivity contribution in [3.05, 3.63) is 23.5 Å². The van der Waals surface area contributed by atoms with E-state index < -0.39 is 0 Å². The van der Waals surface area contributed by atoms with Crippen LogP contribution in [0.4, 0.5) is 0 Å². The number of aromatic nitrogens is 1. The minimum Gasteiger partial charge on any atom is -0.367 e. The third-order valence-corrected chi connectivity index (χ3v) is 3.66. The van der Waals surface area contributed by atoms with Crippen LogP contribution in [0.15, 0.2) is 12.4 Å². The zero-order valence-electron chi connectivity index (χ0n) is 7.34. The first-order valence-electron chi connectivity index (χ1n) is 5.12. The van der Waals surface area contributed by atoms with E-state index in [0.717, 1.165) is 11.8 Å². The van der Waals surface area contributed by atoms with Gasteiger partial charge in [0.25, 0.3) is 0 Å². The van der Waals surface area contributed by atoms with Crippen molar-refractivity contribution in [2.45, 2.75) is 43.9 Å². The molecule has 1 heteroatoms. The number of hydrogen-bond acceptors (Lipinski definition) is 0. The zero-order valence-corrected chi connectivity index (χ0v) is 7.34. The lowest BCUT2D eigenvalue weighted by Crippen LogP contribution is -2.07. The Morgan fingerprint density at radius 3 is 2.08 bits per heavy atom. The minimum atomic E-state index is 0.894. The van der Waals surface area contributed by atoms with Crippen molar-refractivity contribution in [3.8, 4) is 0 Å². The fourth-order valence-corrected chi connectivity index (χ4v) is 3.02. The maximum Gasteiger partial charge on any atom is 0.00431 e. The highest BCUT2D eigenvalue weighted by Gasteiger charge is 2.30. The van der Waals surface area contributed by atoms with Crippen LogP contribution >= 0.6 is 0 Å². The van der Waals surface area contributed by atoms with E-state index in [1.165, 1.54) is 32.1 Å². The van der Waals surface area contributed by atoms with Crippen LogP contribution in [0.25, 0.3) is 0 Å². The topological polar surface area (TPSA) is 15.8 Å². The van der Waals surface area contributed by atoms with E-state index >= 15 is 0 Å². The van der Waals surface area contributed by atoms with Gasteiger partial charge in [-0.15, -0.1) is 0 Å². The van der Waals surface area contributed by atoms with Gasteiger partial charge in [0.05, 0.1) is 0 Å². The van der Waals surface area contributed by atoms with E-state index in [1.807, 2.05) is 0 Å². The van der Waals surface area contributed by atoms with Crippen molar-refractivity contribution in [3.63, 3.8) is 0 Å². The summed E-state index contributed by atoms with van der Waals surface area (Å²) < 4.78 is 0. The SMILES string of the molecule is c1[nH]cc2c1C1CCCC2CC1. The molecule has 1 aromatic heterocycles. The van der Waals surface area contributed by atoms with E-state index in [4.69, 9.17) is 0 Å². The maximum absolute atomic E-state index is 3.27. The van der Waals surface area contributed by atoms with Gasteiger partial charge in [0.1, 0.15) is 0 Å². The molecule has 1 aromatic rings. The summed E-state index contributed by atoms with van der Waals surface area (Å²) in [6, 6.07) is 0. The van der Waals surface area contributed by atoms with Gasteiger partial charge in [-0.2, -0.15) is 0 Å². The molecule has 0 saturated heterocycles. The standard InChI is InChI=1S/C11H15N/c1-2-8-4-5-9(3-1)11-7-12-6-10(8)11/h6-9,12H,1-5H2. The molecule has 12 heavy (non-hydrogen) atoms. The van der Waals surface area contributed by atoms with Crippen LogP contribution in [0.1, 0.15) is 55.1 Å². The zero-order chi connectivity index (χ0) is 7.97. The van der Waals surface area contributed by atoms with Gasteiger partial charge in [0.15, 0.2) is 0 Å². The highest BCUT2D eigenvalue weighted by atomic mass is 14.7. The number of nitrogens with one attached hydrogen (secondary N) is 1. The minimum absolute atomic E-state index is 0.894. The van der Waals surface area contributed by atoms with E-state index in [-0.39, 0.29) is 0 Å². The predicted molar refractivity (Wildman–Crippen MR) is 49.4 cm³/mol. The van der Waals surface area contributed by atoms with Gasteiger partial charge in [0, 0.05) is 12.4 Å². The van der Waals surface area contributed by atoms with Gasteiger partial charge in [-0.3, -0.25) is 0 Å². The molecule has 0 spiro atoms. The largest absolute Gasteiger partial charge is 0.367 e. The lowest BCUT2D eigenvalue weighted by molar-refractivity contribution is 0.530. The molecule has 4 rings (SSSR count). The molecule has 0 radical (unpaired) electrons. The first kappa shape index (κ1) is 6.76. The van der Waals surface area contributed by atoms with Crippen LogP contribution in [-0.4, -0.2) is 4.98 Å². The fraction of sp³-hybridized carbons (Fsp3) is 0.636. The molecule has 64 valence electrons. The molecule has 1 heterocycles. The average molecular weight is 161 g/mol. The first-order valence-corrected chi connectivity index (χ1v) is 5.12. The number of hydrogen-bond donors (Lipinski definition) is 1. The van der Waals surface area contributed by atoms with Gasteiger partial charge in [0.2, 0.25) is 0 Å². The van der Waals surface area contributed by atoms with E-state index in [9.17, 15) is 0 Å². The molecule has 0 aliphatic heterocycles.